The van der Waals surface area contributed by atoms with Crippen LogP contribution in [0.25, 0.3) is 5.76 Å². The highest BCUT2D eigenvalue weighted by atomic mass is 16.3. The largest absolute Gasteiger partial charge is 0.508 e. The number of hydrogen-bond acceptors (Lipinski definition) is 9. The van der Waals surface area contributed by atoms with Gasteiger partial charge in [0.2, 0.25) is 5.78 Å². The van der Waals surface area contributed by atoms with Gasteiger partial charge in [-0.05, 0) is 50.6 Å². The van der Waals surface area contributed by atoms with Crippen molar-refractivity contribution in [1.82, 2.24) is 9.80 Å². The number of primary amides is 1. The highest BCUT2D eigenvalue weighted by Gasteiger charge is 2.64. The molecule has 3 aliphatic carbocycles. The Bertz CT molecular complexity index is 1260. The van der Waals surface area contributed by atoms with Gasteiger partial charge in [-0.3, -0.25) is 24.1 Å². The van der Waals surface area contributed by atoms with Crippen LogP contribution in [-0.4, -0.2) is 93.4 Å². The van der Waals surface area contributed by atoms with E-state index in [0.717, 1.165) is 0 Å². The minimum atomic E-state index is -2.70. The zero-order valence-electron chi connectivity index (χ0n) is 19.7. The molecule has 4 rings (SSSR count). The highest BCUT2D eigenvalue weighted by Crippen LogP contribution is 2.52. The normalized spacial score (nSPS) is 28.0. The fraction of sp³-hybridized carbons (Fsp3) is 0.417. The third-order valence-corrected chi connectivity index (χ3v) is 7.24. The summed E-state index contributed by atoms with van der Waals surface area (Å²) >= 11 is 0. The minimum absolute atomic E-state index is 0.0446. The predicted molar refractivity (Wildman–Crippen MR) is 122 cm³/mol. The first kappa shape index (κ1) is 24.4. The van der Waals surface area contributed by atoms with E-state index < -0.39 is 58.0 Å². The number of aromatic hydroxyl groups is 1. The van der Waals surface area contributed by atoms with Gasteiger partial charge in [-0.1, -0.05) is 0 Å². The summed E-state index contributed by atoms with van der Waals surface area (Å²) in [6.07, 6.45) is 0.00879. The lowest BCUT2D eigenvalue weighted by Crippen LogP contribution is -2.65. The number of fused-ring (bicyclic) bond motifs is 3. The number of likely N-dealkylation sites (N-methyl/N-ethyl adjacent to an activating group) is 1. The van der Waals surface area contributed by atoms with Gasteiger partial charge in [0.05, 0.1) is 11.6 Å². The molecule has 1 aromatic carbocycles. The molecule has 4 atom stereocenters. The number of nitrogens with two attached hydrogens (primary N) is 1. The molecular formula is C24H27N3O8. The van der Waals surface area contributed by atoms with Crippen LogP contribution in [-0.2, 0) is 20.8 Å². The number of amides is 2. The van der Waals surface area contributed by atoms with Crippen molar-refractivity contribution in [2.24, 2.45) is 17.6 Å². The fourth-order valence-electron chi connectivity index (χ4n) is 5.69. The summed E-state index contributed by atoms with van der Waals surface area (Å²) in [5.74, 6) is -7.65. The molecule has 0 heterocycles. The van der Waals surface area contributed by atoms with Crippen molar-refractivity contribution < 1.29 is 39.6 Å². The number of benzene rings is 1. The second kappa shape index (κ2) is 7.92. The smallest absolute Gasteiger partial charge is 0.255 e. The van der Waals surface area contributed by atoms with E-state index in [2.05, 4.69) is 0 Å². The lowest BCUT2D eigenvalue weighted by Gasteiger charge is -2.50. The summed E-state index contributed by atoms with van der Waals surface area (Å²) in [6.45, 7) is 0. The monoisotopic (exact) mass is 485 g/mol. The van der Waals surface area contributed by atoms with E-state index in [9.17, 15) is 39.6 Å². The summed E-state index contributed by atoms with van der Waals surface area (Å²) in [7, 11) is 6.16. The van der Waals surface area contributed by atoms with E-state index >= 15 is 0 Å². The fourth-order valence-corrected chi connectivity index (χ4v) is 5.69. The summed E-state index contributed by atoms with van der Waals surface area (Å²) in [4.78, 5) is 54.3. The second-order valence-corrected chi connectivity index (χ2v) is 9.65. The van der Waals surface area contributed by atoms with Crippen molar-refractivity contribution >= 4 is 29.1 Å². The van der Waals surface area contributed by atoms with Crippen molar-refractivity contribution in [1.29, 1.82) is 0 Å². The number of aliphatic hydroxyl groups excluding tert-OH is 2. The first-order chi connectivity index (χ1) is 16.2. The molecule has 0 saturated heterocycles. The van der Waals surface area contributed by atoms with E-state index in [-0.39, 0.29) is 41.2 Å². The maximum absolute atomic E-state index is 13.7. The zero-order chi connectivity index (χ0) is 26.1. The van der Waals surface area contributed by atoms with Crippen LogP contribution < -0.4 is 5.73 Å². The molecule has 0 aliphatic heterocycles. The first-order valence-corrected chi connectivity index (χ1v) is 11.0. The third kappa shape index (κ3) is 3.18. The molecule has 0 bridgehead atoms. The molecule has 6 N–H and O–H groups in total. The molecule has 0 aromatic heterocycles. The van der Waals surface area contributed by atoms with Crippen molar-refractivity contribution in [3.63, 3.8) is 0 Å². The van der Waals surface area contributed by atoms with Gasteiger partial charge in [-0.25, -0.2) is 0 Å². The van der Waals surface area contributed by atoms with E-state index in [1.165, 1.54) is 36.0 Å². The van der Waals surface area contributed by atoms with Crippen LogP contribution in [0.4, 0.5) is 0 Å². The summed E-state index contributed by atoms with van der Waals surface area (Å²) in [5, 5.41) is 44.0. The average molecular weight is 485 g/mol. The number of rotatable bonds is 3. The Morgan fingerprint density at radius 2 is 1.71 bits per heavy atom. The Kier molecular flexibility index (Phi) is 5.53. The molecule has 11 heteroatoms. The number of phenols is 1. The van der Waals surface area contributed by atoms with Gasteiger partial charge in [0.25, 0.3) is 11.8 Å². The molecule has 1 saturated carbocycles. The average Bonchev–Trinajstić information content (AvgIpc) is 2.75. The SMILES string of the molecule is CN(C)C(=O)c1ccc(O)c2c1C[C@@H]1C[C@@H]3C(N(C)C)C(=O)C(C(N)=O)=C(O)C3(O)C(=O)C1=C2O. The standard InChI is InChI=1S/C24H27N3O8/c1-26(2)17-12-8-9-7-11-10(23(34)27(3)4)5-6-13(28)15(11)18(29)14(9)20(31)24(12,35)21(32)16(19(17)30)22(25)33/h5-6,9,12,17,28-29,32,35H,7-8H2,1-4H3,(H2,25,33)/t9-,12-,17?,24?/m1/s1. The quantitative estimate of drug-likeness (QED) is 0.358. The van der Waals surface area contributed by atoms with Gasteiger partial charge in [-0.15, -0.1) is 0 Å². The molecular weight excluding hydrogens is 458 g/mol. The Balaban J connectivity index is 1.98. The van der Waals surface area contributed by atoms with Crippen molar-refractivity contribution in [2.75, 3.05) is 28.2 Å². The van der Waals surface area contributed by atoms with Gasteiger partial charge >= 0.3 is 0 Å². The lowest BCUT2D eigenvalue weighted by molar-refractivity contribution is -0.153. The molecule has 1 aromatic rings. The molecule has 2 amide bonds. The lowest BCUT2D eigenvalue weighted by atomic mass is 9.57. The van der Waals surface area contributed by atoms with Gasteiger partial charge in [0.1, 0.15) is 22.8 Å². The maximum Gasteiger partial charge on any atom is 0.255 e. The molecule has 186 valence electrons. The Hall–Kier alpha value is -3.70. The molecule has 3 aliphatic rings. The number of carbonyl (C=O) groups excluding carboxylic acids is 4. The Morgan fingerprint density at radius 1 is 1.09 bits per heavy atom. The van der Waals surface area contributed by atoms with Crippen molar-refractivity contribution in [3.05, 3.63) is 45.7 Å². The van der Waals surface area contributed by atoms with E-state index in [4.69, 9.17) is 5.73 Å². The van der Waals surface area contributed by atoms with Gasteiger partial charge in [-0.2, -0.15) is 0 Å². The van der Waals surface area contributed by atoms with Crippen LogP contribution in [0.5, 0.6) is 5.75 Å². The van der Waals surface area contributed by atoms with Crippen LogP contribution in [0.1, 0.15) is 27.9 Å². The maximum atomic E-state index is 13.7. The Labute approximate surface area is 200 Å². The van der Waals surface area contributed by atoms with E-state index in [1.807, 2.05) is 0 Å². The summed E-state index contributed by atoms with van der Waals surface area (Å²) in [5.41, 5.74) is 1.91. The van der Waals surface area contributed by atoms with Crippen LogP contribution >= 0.6 is 0 Å². The minimum Gasteiger partial charge on any atom is -0.508 e. The molecule has 0 radical (unpaired) electrons. The predicted octanol–water partition coefficient (Wildman–Crippen LogP) is -0.334. The van der Waals surface area contributed by atoms with Crippen molar-refractivity contribution in [2.45, 2.75) is 24.5 Å². The molecule has 0 spiro atoms. The number of phenolic OH excluding ortho intramolecular Hbond substituents is 1. The summed E-state index contributed by atoms with van der Waals surface area (Å²) in [6, 6.07) is 1.48. The number of ketones is 2. The van der Waals surface area contributed by atoms with Gasteiger partial charge < -0.3 is 31.1 Å². The van der Waals surface area contributed by atoms with Gasteiger partial charge in [0.15, 0.2) is 11.4 Å². The molecule has 1 fully saturated rings. The summed E-state index contributed by atoms with van der Waals surface area (Å²) < 4.78 is 0. The van der Waals surface area contributed by atoms with Crippen LogP contribution in [0, 0.1) is 11.8 Å². The zero-order valence-corrected chi connectivity index (χ0v) is 19.7. The number of nitrogens with zero attached hydrogens (tertiary/aromatic N) is 2. The van der Waals surface area contributed by atoms with Crippen LogP contribution in [0.15, 0.2) is 29.0 Å². The van der Waals surface area contributed by atoms with E-state index in [1.54, 1.807) is 14.1 Å². The molecule has 35 heavy (non-hydrogen) atoms. The van der Waals surface area contributed by atoms with Gasteiger partial charge in [0, 0.05) is 31.1 Å². The third-order valence-electron chi connectivity index (χ3n) is 7.24. The number of hydrogen-bond donors (Lipinski definition) is 5. The topological polar surface area (TPSA) is 182 Å². The van der Waals surface area contributed by atoms with Crippen LogP contribution in [0.2, 0.25) is 0 Å². The molecule has 2 unspecified atom stereocenters. The molecule has 11 nitrogen and oxygen atoms in total. The highest BCUT2D eigenvalue weighted by molar-refractivity contribution is 6.24. The van der Waals surface area contributed by atoms with Crippen LogP contribution in [0.3, 0.4) is 0 Å². The van der Waals surface area contributed by atoms with Crippen molar-refractivity contribution in [3.8, 4) is 5.75 Å². The number of Topliss-reactive ketones (excluding diaryl/α,β-unsaturated/α-hetero) is 2. The number of carbonyl (C=O) groups is 4. The first-order valence-electron chi connectivity index (χ1n) is 11.0. The second-order valence-electron chi connectivity index (χ2n) is 9.65. The number of aliphatic hydroxyl groups is 3. The van der Waals surface area contributed by atoms with E-state index in [0.29, 0.717) is 5.56 Å². The Morgan fingerprint density at radius 3 is 2.26 bits per heavy atom.